The lowest BCUT2D eigenvalue weighted by Crippen LogP contribution is -2.68. The minimum atomic E-state index is -2.14. The number of carbonyl (C=O) groups is 3. The van der Waals surface area contributed by atoms with Gasteiger partial charge in [0.2, 0.25) is 5.54 Å². The topological polar surface area (TPSA) is 82.1 Å². The van der Waals surface area contributed by atoms with Crippen LogP contribution in [0.2, 0.25) is 18.1 Å². The molecule has 1 aromatic carbocycles. The van der Waals surface area contributed by atoms with Crippen molar-refractivity contribution in [2.45, 2.75) is 77.2 Å². The van der Waals surface area contributed by atoms with Crippen molar-refractivity contribution in [2.24, 2.45) is 0 Å². The van der Waals surface area contributed by atoms with Crippen LogP contribution < -0.4 is 0 Å². The molecule has 1 aromatic rings. The summed E-state index contributed by atoms with van der Waals surface area (Å²) in [5.41, 5.74) is -1.44. The van der Waals surface area contributed by atoms with E-state index in [-0.39, 0.29) is 37.3 Å². The van der Waals surface area contributed by atoms with E-state index in [9.17, 15) is 14.4 Å². The van der Waals surface area contributed by atoms with Gasteiger partial charge in [-0.05, 0) is 57.0 Å². The predicted molar refractivity (Wildman–Crippen MR) is 125 cm³/mol. The zero-order chi connectivity index (χ0) is 24.2. The molecule has 0 radical (unpaired) electrons. The molecule has 1 saturated heterocycles. The van der Waals surface area contributed by atoms with Crippen LogP contribution in [0, 0.1) is 0 Å². The van der Waals surface area contributed by atoms with Crippen molar-refractivity contribution in [2.75, 3.05) is 19.8 Å². The smallest absolute Gasteiger partial charge is 0.343 e. The second kappa shape index (κ2) is 10.2. The number of amides is 1. The van der Waals surface area contributed by atoms with Crippen molar-refractivity contribution in [3.8, 4) is 0 Å². The number of esters is 2. The van der Waals surface area contributed by atoms with Crippen LogP contribution in [0.1, 0.15) is 57.8 Å². The van der Waals surface area contributed by atoms with Crippen LogP contribution in [0.4, 0.5) is 0 Å². The van der Waals surface area contributed by atoms with Crippen LogP contribution in [-0.4, -0.2) is 62.5 Å². The minimum Gasteiger partial charge on any atom is -0.464 e. The molecule has 2 rings (SSSR count). The van der Waals surface area contributed by atoms with Gasteiger partial charge < -0.3 is 18.8 Å². The number of likely N-dealkylation sites (tertiary alicyclic amines) is 1. The summed E-state index contributed by atoms with van der Waals surface area (Å²) in [7, 11) is -2.14. The summed E-state index contributed by atoms with van der Waals surface area (Å²) in [6, 6.07) is 8.64. The molecule has 0 aliphatic carbocycles. The second-order valence-electron chi connectivity index (χ2n) is 9.62. The van der Waals surface area contributed by atoms with Gasteiger partial charge in [-0.2, -0.15) is 0 Å². The van der Waals surface area contributed by atoms with E-state index >= 15 is 0 Å². The van der Waals surface area contributed by atoms with Crippen LogP contribution in [0.5, 0.6) is 0 Å². The van der Waals surface area contributed by atoms with E-state index in [1.54, 1.807) is 44.2 Å². The number of hydrogen-bond donors (Lipinski definition) is 0. The molecule has 1 unspecified atom stereocenters. The molecule has 0 N–H and O–H groups in total. The highest BCUT2D eigenvalue weighted by molar-refractivity contribution is 6.74. The summed E-state index contributed by atoms with van der Waals surface area (Å²) in [5, 5.41) is -0.0158. The standard InChI is InChI=1S/C24H37NO6Si/c1-8-29-21(27)24(22(28)30-9-2)16-15-19(31-32(6,7)23(3,4)5)17-25(24)20(26)18-13-11-10-12-14-18/h10-14,19H,8-9,15-17H2,1-7H3. The number of rotatable bonds is 7. The molecule has 1 fully saturated rings. The summed E-state index contributed by atoms with van der Waals surface area (Å²) < 4.78 is 17.2. The van der Waals surface area contributed by atoms with Gasteiger partial charge in [-0.25, -0.2) is 9.59 Å². The van der Waals surface area contributed by atoms with Crippen molar-refractivity contribution in [1.29, 1.82) is 0 Å². The highest BCUT2D eigenvalue weighted by Crippen LogP contribution is 2.40. The van der Waals surface area contributed by atoms with Gasteiger partial charge in [0.25, 0.3) is 5.91 Å². The van der Waals surface area contributed by atoms with E-state index < -0.39 is 31.7 Å². The van der Waals surface area contributed by atoms with E-state index in [1.807, 2.05) is 0 Å². The number of carbonyl (C=O) groups excluding carboxylic acids is 3. The molecule has 0 bridgehead atoms. The van der Waals surface area contributed by atoms with Crippen LogP contribution in [0.25, 0.3) is 0 Å². The highest BCUT2D eigenvalue weighted by Gasteiger charge is 2.59. The molecule has 1 aliphatic heterocycles. The van der Waals surface area contributed by atoms with E-state index in [1.165, 1.54) is 4.90 Å². The fourth-order valence-electron chi connectivity index (χ4n) is 3.65. The highest BCUT2D eigenvalue weighted by atomic mass is 28.4. The van der Waals surface area contributed by atoms with E-state index in [2.05, 4.69) is 33.9 Å². The Morgan fingerprint density at radius 1 is 1.03 bits per heavy atom. The van der Waals surface area contributed by atoms with E-state index in [0.717, 1.165) is 0 Å². The molecular weight excluding hydrogens is 426 g/mol. The Labute approximate surface area is 192 Å². The summed E-state index contributed by atoms with van der Waals surface area (Å²) in [6.45, 7) is 14.4. The summed E-state index contributed by atoms with van der Waals surface area (Å²) >= 11 is 0. The maximum atomic E-state index is 13.6. The van der Waals surface area contributed by atoms with E-state index in [4.69, 9.17) is 13.9 Å². The zero-order valence-electron chi connectivity index (χ0n) is 20.4. The van der Waals surface area contributed by atoms with Crippen LogP contribution in [0.3, 0.4) is 0 Å². The zero-order valence-corrected chi connectivity index (χ0v) is 21.4. The Morgan fingerprint density at radius 3 is 2.03 bits per heavy atom. The number of ether oxygens (including phenoxy) is 2. The first-order chi connectivity index (χ1) is 14.9. The quantitative estimate of drug-likeness (QED) is 0.343. The fraction of sp³-hybridized carbons (Fsp3) is 0.625. The van der Waals surface area contributed by atoms with Gasteiger partial charge in [0, 0.05) is 12.1 Å². The van der Waals surface area contributed by atoms with Gasteiger partial charge in [-0.3, -0.25) is 4.79 Å². The average Bonchev–Trinajstić information content (AvgIpc) is 2.73. The molecule has 0 spiro atoms. The lowest BCUT2D eigenvalue weighted by molar-refractivity contribution is -0.177. The van der Waals surface area contributed by atoms with Crippen molar-refractivity contribution in [3.05, 3.63) is 35.9 Å². The molecule has 1 heterocycles. The van der Waals surface area contributed by atoms with Gasteiger partial charge >= 0.3 is 11.9 Å². The minimum absolute atomic E-state index is 0.0158. The summed E-state index contributed by atoms with van der Waals surface area (Å²) in [5.74, 6) is -1.93. The normalized spacial score (nSPS) is 18.7. The average molecular weight is 464 g/mol. The van der Waals surface area contributed by atoms with Gasteiger partial charge in [0.1, 0.15) is 0 Å². The Balaban J connectivity index is 2.51. The molecule has 178 valence electrons. The molecule has 32 heavy (non-hydrogen) atoms. The third-order valence-electron chi connectivity index (χ3n) is 6.43. The lowest BCUT2D eigenvalue weighted by Gasteiger charge is -2.48. The van der Waals surface area contributed by atoms with Crippen LogP contribution >= 0.6 is 0 Å². The first kappa shape index (κ1) is 26.1. The molecule has 8 heteroatoms. The molecule has 1 atom stereocenters. The van der Waals surface area contributed by atoms with Crippen molar-refractivity contribution in [1.82, 2.24) is 4.90 Å². The van der Waals surface area contributed by atoms with Gasteiger partial charge in [0.05, 0.1) is 19.3 Å². The van der Waals surface area contributed by atoms with Gasteiger partial charge in [0.15, 0.2) is 8.32 Å². The predicted octanol–water partition coefficient (Wildman–Crippen LogP) is 4.18. The Morgan fingerprint density at radius 2 is 1.56 bits per heavy atom. The Kier molecular flexibility index (Phi) is 8.28. The second-order valence-corrected chi connectivity index (χ2v) is 14.4. The Bertz CT molecular complexity index is 800. The largest absolute Gasteiger partial charge is 0.464 e. The molecular formula is C24H37NO6Si. The van der Waals surface area contributed by atoms with Crippen molar-refractivity contribution in [3.63, 3.8) is 0 Å². The number of benzene rings is 1. The molecule has 0 aromatic heterocycles. The third-order valence-corrected chi connectivity index (χ3v) is 11.0. The van der Waals surface area contributed by atoms with Crippen molar-refractivity contribution < 1.29 is 28.3 Å². The SMILES string of the molecule is CCOC(=O)C1(C(=O)OCC)CCC(O[Si](C)(C)C(C)(C)C)CN1C(=O)c1ccccc1. The first-order valence-corrected chi connectivity index (χ1v) is 14.2. The Hall–Kier alpha value is -2.19. The number of nitrogens with zero attached hydrogens (tertiary/aromatic N) is 1. The lowest BCUT2D eigenvalue weighted by atomic mass is 9.84. The number of piperidine rings is 1. The maximum absolute atomic E-state index is 13.6. The molecule has 1 aliphatic rings. The molecule has 0 saturated carbocycles. The number of hydrogen-bond acceptors (Lipinski definition) is 6. The van der Waals surface area contributed by atoms with Crippen LogP contribution in [0.15, 0.2) is 30.3 Å². The van der Waals surface area contributed by atoms with E-state index in [0.29, 0.717) is 12.0 Å². The maximum Gasteiger partial charge on any atom is 0.343 e. The summed E-state index contributed by atoms with van der Waals surface area (Å²) in [6.07, 6.45) is 0.242. The first-order valence-electron chi connectivity index (χ1n) is 11.3. The van der Waals surface area contributed by atoms with Gasteiger partial charge in [-0.15, -0.1) is 0 Å². The van der Waals surface area contributed by atoms with Gasteiger partial charge in [-0.1, -0.05) is 39.0 Å². The fourth-order valence-corrected chi connectivity index (χ4v) is 5.03. The third kappa shape index (κ3) is 5.23. The monoisotopic (exact) mass is 463 g/mol. The van der Waals surface area contributed by atoms with Crippen molar-refractivity contribution >= 4 is 26.2 Å². The van der Waals surface area contributed by atoms with Crippen LogP contribution in [-0.2, 0) is 23.5 Å². The summed E-state index contributed by atoms with van der Waals surface area (Å²) in [4.78, 5) is 41.3. The molecule has 1 amide bonds. The molecule has 7 nitrogen and oxygen atoms in total.